The molecule has 1 heterocycles. The van der Waals surface area contributed by atoms with Crippen molar-refractivity contribution >= 4 is 11.8 Å². The zero-order valence-electron chi connectivity index (χ0n) is 11.6. The molecule has 0 amide bonds. The lowest BCUT2D eigenvalue weighted by Gasteiger charge is -2.26. The van der Waals surface area contributed by atoms with Crippen LogP contribution < -0.4 is 5.32 Å². The summed E-state index contributed by atoms with van der Waals surface area (Å²) in [4.78, 5) is 4.17. The molecule has 1 atom stereocenters. The molecule has 0 bridgehead atoms. The number of aromatic nitrogens is 3. The van der Waals surface area contributed by atoms with Gasteiger partial charge < -0.3 is 0 Å². The van der Waals surface area contributed by atoms with Gasteiger partial charge >= 0.3 is 0 Å². The maximum absolute atomic E-state index is 9.59. The third-order valence-corrected chi connectivity index (χ3v) is 4.30. The Labute approximate surface area is 123 Å². The third kappa shape index (κ3) is 3.00. The first kappa shape index (κ1) is 14.6. The van der Waals surface area contributed by atoms with E-state index in [9.17, 15) is 5.26 Å². The van der Waals surface area contributed by atoms with Gasteiger partial charge in [-0.05, 0) is 19.0 Å². The van der Waals surface area contributed by atoms with Crippen LogP contribution in [0.4, 0.5) is 0 Å². The summed E-state index contributed by atoms with van der Waals surface area (Å²) in [6.07, 6.45) is 2.23. The van der Waals surface area contributed by atoms with Crippen molar-refractivity contribution in [1.82, 2.24) is 20.1 Å². The molecule has 0 saturated carbocycles. The summed E-state index contributed by atoms with van der Waals surface area (Å²) < 4.78 is 1.74. The van der Waals surface area contributed by atoms with Crippen molar-refractivity contribution in [1.29, 1.82) is 5.26 Å². The van der Waals surface area contributed by atoms with Gasteiger partial charge in [-0.25, -0.2) is 9.67 Å². The Hall–Kier alpha value is -1.84. The van der Waals surface area contributed by atoms with Crippen LogP contribution in [0.1, 0.15) is 12.0 Å². The molecular formula is C14H17N5S. The second-order valence-electron chi connectivity index (χ2n) is 4.40. The highest BCUT2D eigenvalue weighted by molar-refractivity contribution is 7.99. The Morgan fingerprint density at radius 3 is 2.70 bits per heavy atom. The molecule has 0 aliphatic rings. The van der Waals surface area contributed by atoms with E-state index in [0.29, 0.717) is 6.42 Å². The zero-order valence-corrected chi connectivity index (χ0v) is 12.4. The number of thioether (sulfide) groups is 1. The lowest BCUT2D eigenvalue weighted by atomic mass is 9.89. The maximum Gasteiger partial charge on any atom is 0.185 e. The van der Waals surface area contributed by atoms with E-state index in [1.165, 1.54) is 6.33 Å². The van der Waals surface area contributed by atoms with Crippen molar-refractivity contribution in [2.45, 2.75) is 17.1 Å². The van der Waals surface area contributed by atoms with Crippen LogP contribution in [0, 0.1) is 11.3 Å². The molecule has 0 aliphatic heterocycles. The van der Waals surface area contributed by atoms with Gasteiger partial charge in [-0.1, -0.05) is 42.1 Å². The minimum atomic E-state index is -0.660. The van der Waals surface area contributed by atoms with Crippen LogP contribution in [-0.4, -0.2) is 27.6 Å². The molecule has 0 spiro atoms. The predicted octanol–water partition coefficient (Wildman–Crippen LogP) is 1.94. The van der Waals surface area contributed by atoms with E-state index in [-0.39, 0.29) is 0 Å². The summed E-state index contributed by atoms with van der Waals surface area (Å²) in [5, 5.41) is 17.6. The molecule has 1 aromatic heterocycles. The number of nitrogens with zero attached hydrogens (tertiary/aromatic N) is 4. The van der Waals surface area contributed by atoms with Gasteiger partial charge in [-0.3, -0.25) is 5.32 Å². The van der Waals surface area contributed by atoms with Gasteiger partial charge in [0.25, 0.3) is 0 Å². The Bertz CT molecular complexity index is 589. The molecule has 1 N–H and O–H groups in total. The van der Waals surface area contributed by atoms with Crippen molar-refractivity contribution in [3.05, 3.63) is 42.2 Å². The normalized spacial score (nSPS) is 13.7. The smallest absolute Gasteiger partial charge is 0.185 e. The molecule has 104 valence electrons. The highest BCUT2D eigenvalue weighted by atomic mass is 32.2. The Morgan fingerprint density at radius 2 is 2.15 bits per heavy atom. The van der Waals surface area contributed by atoms with E-state index >= 15 is 0 Å². The van der Waals surface area contributed by atoms with Gasteiger partial charge in [0.2, 0.25) is 0 Å². The van der Waals surface area contributed by atoms with E-state index in [4.69, 9.17) is 0 Å². The van der Waals surface area contributed by atoms with Crippen LogP contribution in [0.25, 0.3) is 0 Å². The summed E-state index contributed by atoms with van der Waals surface area (Å²) in [6, 6.07) is 12.2. The number of hydrogen-bond acceptors (Lipinski definition) is 5. The fourth-order valence-electron chi connectivity index (χ4n) is 2.02. The Morgan fingerprint density at radius 1 is 1.40 bits per heavy atom. The lowest BCUT2D eigenvalue weighted by Crippen LogP contribution is -2.39. The number of aryl methyl sites for hydroxylation is 1. The summed E-state index contributed by atoms with van der Waals surface area (Å²) in [7, 11) is 3.69. The Balaban J connectivity index is 2.07. The first-order chi connectivity index (χ1) is 9.72. The van der Waals surface area contributed by atoms with E-state index in [2.05, 4.69) is 21.5 Å². The molecule has 0 saturated heterocycles. The van der Waals surface area contributed by atoms with Crippen molar-refractivity contribution in [2.24, 2.45) is 7.05 Å². The van der Waals surface area contributed by atoms with E-state index in [1.54, 1.807) is 16.4 Å². The number of nitriles is 1. The molecule has 2 rings (SSSR count). The number of benzene rings is 1. The molecule has 20 heavy (non-hydrogen) atoms. The van der Waals surface area contributed by atoms with E-state index < -0.39 is 5.54 Å². The fraction of sp³-hybridized carbons (Fsp3) is 0.357. The summed E-state index contributed by atoms with van der Waals surface area (Å²) in [5.74, 6) is 0.788. The highest BCUT2D eigenvalue weighted by Gasteiger charge is 2.29. The number of nitrogens with one attached hydrogen (secondary N) is 1. The fourth-order valence-corrected chi connectivity index (χ4v) is 2.97. The van der Waals surface area contributed by atoms with Crippen molar-refractivity contribution in [2.75, 3.05) is 12.8 Å². The van der Waals surface area contributed by atoms with Crippen LogP contribution in [0.3, 0.4) is 0 Å². The SMILES string of the molecule is CNC(C#N)(CCSc1ncnn1C)c1ccccc1. The zero-order chi connectivity index (χ0) is 14.4. The monoisotopic (exact) mass is 287 g/mol. The van der Waals surface area contributed by atoms with Crippen LogP contribution in [0.2, 0.25) is 0 Å². The summed E-state index contributed by atoms with van der Waals surface area (Å²) in [5.41, 5.74) is 0.330. The molecule has 5 nitrogen and oxygen atoms in total. The molecule has 6 heteroatoms. The van der Waals surface area contributed by atoms with Crippen LogP contribution in [-0.2, 0) is 12.6 Å². The quantitative estimate of drug-likeness (QED) is 0.822. The highest BCUT2D eigenvalue weighted by Crippen LogP contribution is 2.27. The molecule has 0 radical (unpaired) electrons. The number of hydrogen-bond donors (Lipinski definition) is 1. The van der Waals surface area contributed by atoms with Crippen molar-refractivity contribution in [3.63, 3.8) is 0 Å². The summed E-state index contributed by atoms with van der Waals surface area (Å²) in [6.45, 7) is 0. The molecule has 1 aromatic carbocycles. The first-order valence-electron chi connectivity index (χ1n) is 6.34. The average molecular weight is 287 g/mol. The van der Waals surface area contributed by atoms with Crippen LogP contribution in [0.5, 0.6) is 0 Å². The van der Waals surface area contributed by atoms with Gasteiger partial charge in [0, 0.05) is 12.8 Å². The molecule has 0 aliphatic carbocycles. The lowest BCUT2D eigenvalue weighted by molar-refractivity contribution is 0.456. The topological polar surface area (TPSA) is 66.5 Å². The van der Waals surface area contributed by atoms with E-state index in [0.717, 1.165) is 16.5 Å². The van der Waals surface area contributed by atoms with E-state index in [1.807, 2.05) is 44.4 Å². The second kappa shape index (κ2) is 6.55. The maximum atomic E-state index is 9.59. The number of rotatable bonds is 6. The minimum absolute atomic E-state index is 0.660. The van der Waals surface area contributed by atoms with Crippen LogP contribution in [0.15, 0.2) is 41.8 Å². The minimum Gasteiger partial charge on any atom is -0.299 e. The second-order valence-corrected chi connectivity index (χ2v) is 5.46. The molecular weight excluding hydrogens is 270 g/mol. The van der Waals surface area contributed by atoms with Gasteiger partial charge in [0.15, 0.2) is 5.16 Å². The Kier molecular flexibility index (Phi) is 4.77. The van der Waals surface area contributed by atoms with Crippen LogP contribution >= 0.6 is 11.8 Å². The molecule has 2 aromatic rings. The third-order valence-electron chi connectivity index (χ3n) is 3.26. The largest absolute Gasteiger partial charge is 0.299 e. The van der Waals surface area contributed by atoms with Gasteiger partial charge in [0.1, 0.15) is 11.9 Å². The van der Waals surface area contributed by atoms with Gasteiger partial charge in [0.05, 0.1) is 6.07 Å². The summed E-state index contributed by atoms with van der Waals surface area (Å²) >= 11 is 1.60. The van der Waals surface area contributed by atoms with Gasteiger partial charge in [-0.15, -0.1) is 0 Å². The molecule has 1 unspecified atom stereocenters. The first-order valence-corrected chi connectivity index (χ1v) is 7.33. The van der Waals surface area contributed by atoms with Crippen molar-refractivity contribution in [3.8, 4) is 6.07 Å². The molecule has 0 fully saturated rings. The van der Waals surface area contributed by atoms with Gasteiger partial charge in [-0.2, -0.15) is 10.4 Å². The standard InChI is InChI=1S/C14H17N5S/c1-16-14(10-15,12-6-4-3-5-7-12)8-9-20-13-17-11-18-19(13)2/h3-7,11,16H,8-9H2,1-2H3. The average Bonchev–Trinajstić information content (AvgIpc) is 2.90. The predicted molar refractivity (Wildman–Crippen MR) is 79.1 cm³/mol. The van der Waals surface area contributed by atoms with Crippen molar-refractivity contribution < 1.29 is 0 Å².